The summed E-state index contributed by atoms with van der Waals surface area (Å²) in [6, 6.07) is 6.76. The predicted octanol–water partition coefficient (Wildman–Crippen LogP) is 2.21. The molecule has 0 unspecified atom stereocenters. The maximum atomic E-state index is 12.5. The van der Waals surface area contributed by atoms with E-state index in [0.29, 0.717) is 18.1 Å². The summed E-state index contributed by atoms with van der Waals surface area (Å²) in [4.78, 5) is 8.98. The predicted molar refractivity (Wildman–Crippen MR) is 115 cm³/mol. The van der Waals surface area contributed by atoms with E-state index in [-0.39, 0.29) is 29.7 Å². The summed E-state index contributed by atoms with van der Waals surface area (Å²) >= 11 is 0. The van der Waals surface area contributed by atoms with Crippen molar-refractivity contribution in [3.63, 3.8) is 0 Å². The van der Waals surface area contributed by atoms with Gasteiger partial charge in [0.25, 0.3) is 0 Å². The molecule has 0 atom stereocenters. The standard InChI is InChI=1S/C18H29F2N5O.HI/c1-21-18(22-8-11-25-10-5-9-24(2)12-13-25)23-14-15-6-3-4-7-16(15)26-17(19)20;/h3-4,6-7,17H,5,8-14H2,1-2H3,(H2,21,22,23);1H. The normalized spacial score (nSPS) is 16.6. The van der Waals surface area contributed by atoms with Crippen LogP contribution < -0.4 is 15.4 Å². The number of rotatable bonds is 7. The molecule has 2 N–H and O–H groups in total. The number of nitrogens with one attached hydrogen (secondary N) is 2. The van der Waals surface area contributed by atoms with Gasteiger partial charge in [0.2, 0.25) is 0 Å². The van der Waals surface area contributed by atoms with Gasteiger partial charge in [0.05, 0.1) is 0 Å². The lowest BCUT2D eigenvalue weighted by atomic mass is 10.2. The van der Waals surface area contributed by atoms with Crippen molar-refractivity contribution in [3.8, 4) is 5.75 Å². The quantitative estimate of drug-likeness (QED) is 0.344. The Hall–Kier alpha value is -1.20. The highest BCUT2D eigenvalue weighted by Gasteiger charge is 2.12. The second kappa shape index (κ2) is 13.1. The highest BCUT2D eigenvalue weighted by molar-refractivity contribution is 14.0. The van der Waals surface area contributed by atoms with Gasteiger partial charge < -0.3 is 25.2 Å². The summed E-state index contributed by atoms with van der Waals surface area (Å²) in [5.41, 5.74) is 0.659. The molecular weight excluding hydrogens is 467 g/mol. The Morgan fingerprint density at radius 2 is 1.96 bits per heavy atom. The van der Waals surface area contributed by atoms with Gasteiger partial charge in [0, 0.05) is 45.3 Å². The summed E-state index contributed by atoms with van der Waals surface area (Å²) in [5, 5.41) is 6.42. The largest absolute Gasteiger partial charge is 0.434 e. The van der Waals surface area contributed by atoms with Crippen LogP contribution in [-0.4, -0.2) is 75.7 Å². The van der Waals surface area contributed by atoms with Crippen molar-refractivity contribution in [2.45, 2.75) is 19.6 Å². The van der Waals surface area contributed by atoms with Gasteiger partial charge in [-0.05, 0) is 32.6 Å². The fourth-order valence-corrected chi connectivity index (χ4v) is 2.92. The van der Waals surface area contributed by atoms with Crippen molar-refractivity contribution in [2.24, 2.45) is 4.99 Å². The van der Waals surface area contributed by atoms with Crippen LogP contribution in [0.25, 0.3) is 0 Å². The van der Waals surface area contributed by atoms with Crippen LogP contribution in [0.2, 0.25) is 0 Å². The van der Waals surface area contributed by atoms with E-state index in [4.69, 9.17) is 0 Å². The van der Waals surface area contributed by atoms with E-state index >= 15 is 0 Å². The molecule has 1 aromatic carbocycles. The van der Waals surface area contributed by atoms with Crippen LogP contribution in [0, 0.1) is 0 Å². The van der Waals surface area contributed by atoms with Crippen molar-refractivity contribution in [1.29, 1.82) is 0 Å². The van der Waals surface area contributed by atoms with Crippen LogP contribution in [0.4, 0.5) is 8.78 Å². The van der Waals surface area contributed by atoms with Gasteiger partial charge in [-0.1, -0.05) is 18.2 Å². The summed E-state index contributed by atoms with van der Waals surface area (Å²) in [5.74, 6) is 0.822. The van der Waals surface area contributed by atoms with Gasteiger partial charge in [0.1, 0.15) is 5.75 Å². The van der Waals surface area contributed by atoms with Gasteiger partial charge >= 0.3 is 6.61 Å². The highest BCUT2D eigenvalue weighted by Crippen LogP contribution is 2.19. The van der Waals surface area contributed by atoms with Crippen LogP contribution in [0.3, 0.4) is 0 Å². The molecule has 1 aliphatic heterocycles. The lowest BCUT2D eigenvalue weighted by Crippen LogP contribution is -2.42. The molecule has 0 saturated carbocycles. The maximum Gasteiger partial charge on any atom is 0.387 e. The van der Waals surface area contributed by atoms with Crippen LogP contribution in [-0.2, 0) is 6.54 Å². The molecule has 0 aromatic heterocycles. The van der Waals surface area contributed by atoms with Crippen molar-refractivity contribution in [1.82, 2.24) is 20.4 Å². The van der Waals surface area contributed by atoms with Crippen molar-refractivity contribution >= 4 is 29.9 Å². The number of ether oxygens (including phenoxy) is 1. The average Bonchev–Trinajstić information content (AvgIpc) is 2.83. The highest BCUT2D eigenvalue weighted by atomic mass is 127. The number of hydrogen-bond acceptors (Lipinski definition) is 4. The Morgan fingerprint density at radius 1 is 1.19 bits per heavy atom. The number of aliphatic imine (C=N–C) groups is 1. The second-order valence-corrected chi connectivity index (χ2v) is 6.34. The van der Waals surface area contributed by atoms with Crippen LogP contribution in [0.15, 0.2) is 29.3 Å². The Labute approximate surface area is 177 Å². The molecule has 2 rings (SSSR count). The minimum absolute atomic E-state index is 0. The molecule has 27 heavy (non-hydrogen) atoms. The van der Waals surface area contributed by atoms with E-state index in [0.717, 1.165) is 39.3 Å². The van der Waals surface area contributed by atoms with Gasteiger partial charge in [-0.25, -0.2) is 0 Å². The van der Waals surface area contributed by atoms with Crippen molar-refractivity contribution in [3.05, 3.63) is 29.8 Å². The molecule has 0 bridgehead atoms. The zero-order valence-electron chi connectivity index (χ0n) is 16.0. The van der Waals surface area contributed by atoms with E-state index in [1.807, 2.05) is 0 Å². The number of likely N-dealkylation sites (N-methyl/N-ethyl adjacent to an activating group) is 1. The second-order valence-electron chi connectivity index (χ2n) is 6.34. The SMILES string of the molecule is CN=C(NCCN1CCCN(C)CC1)NCc1ccccc1OC(F)F.I. The topological polar surface area (TPSA) is 52.1 Å². The molecule has 6 nitrogen and oxygen atoms in total. The Bertz CT molecular complexity index is 576. The van der Waals surface area contributed by atoms with Crippen LogP contribution >= 0.6 is 24.0 Å². The number of benzene rings is 1. The molecule has 1 saturated heterocycles. The first-order valence-corrected chi connectivity index (χ1v) is 8.96. The van der Waals surface area contributed by atoms with E-state index in [9.17, 15) is 8.78 Å². The third-order valence-corrected chi connectivity index (χ3v) is 4.39. The third-order valence-electron chi connectivity index (χ3n) is 4.39. The first kappa shape index (κ1) is 23.8. The first-order valence-electron chi connectivity index (χ1n) is 8.96. The molecule has 1 heterocycles. The Balaban J connectivity index is 0.00000364. The van der Waals surface area contributed by atoms with E-state index in [1.54, 1.807) is 25.2 Å². The maximum absolute atomic E-state index is 12.5. The molecule has 9 heteroatoms. The van der Waals surface area contributed by atoms with Crippen LogP contribution in [0.5, 0.6) is 5.75 Å². The number of alkyl halides is 2. The van der Waals surface area contributed by atoms with E-state index in [1.165, 1.54) is 12.5 Å². The monoisotopic (exact) mass is 497 g/mol. The van der Waals surface area contributed by atoms with Gasteiger partial charge in [-0.3, -0.25) is 4.99 Å². The van der Waals surface area contributed by atoms with Gasteiger partial charge in [0.15, 0.2) is 5.96 Å². The number of halogens is 3. The smallest absolute Gasteiger partial charge is 0.387 e. The zero-order valence-corrected chi connectivity index (χ0v) is 18.3. The fraction of sp³-hybridized carbons (Fsp3) is 0.611. The molecular formula is C18H30F2IN5O. The average molecular weight is 497 g/mol. The summed E-state index contributed by atoms with van der Waals surface area (Å²) in [7, 11) is 3.85. The summed E-state index contributed by atoms with van der Waals surface area (Å²) in [6.45, 7) is 3.66. The van der Waals surface area contributed by atoms with Crippen molar-refractivity contribution in [2.75, 3.05) is 53.4 Å². The molecule has 154 valence electrons. The molecule has 1 aromatic rings. The summed E-state index contributed by atoms with van der Waals surface area (Å²) in [6.07, 6.45) is 1.18. The number of para-hydroxylation sites is 1. The molecule has 1 fully saturated rings. The molecule has 1 aliphatic rings. The third kappa shape index (κ3) is 9.02. The minimum Gasteiger partial charge on any atom is -0.434 e. The molecule has 0 radical (unpaired) electrons. The Morgan fingerprint density at radius 3 is 2.70 bits per heavy atom. The van der Waals surface area contributed by atoms with Gasteiger partial charge in [-0.2, -0.15) is 8.78 Å². The zero-order chi connectivity index (χ0) is 18.8. The fourth-order valence-electron chi connectivity index (χ4n) is 2.92. The van der Waals surface area contributed by atoms with Crippen LogP contribution in [0.1, 0.15) is 12.0 Å². The number of hydrogen-bond donors (Lipinski definition) is 2. The van der Waals surface area contributed by atoms with Gasteiger partial charge in [-0.15, -0.1) is 24.0 Å². The lowest BCUT2D eigenvalue weighted by Gasteiger charge is -2.21. The molecule has 0 amide bonds. The molecule has 0 spiro atoms. The Kier molecular flexibility index (Phi) is 11.5. The lowest BCUT2D eigenvalue weighted by molar-refractivity contribution is -0.0504. The summed E-state index contributed by atoms with van der Waals surface area (Å²) < 4.78 is 29.5. The van der Waals surface area contributed by atoms with E-state index in [2.05, 4.69) is 37.2 Å². The number of guanidine groups is 1. The number of nitrogens with zero attached hydrogens (tertiary/aromatic N) is 3. The first-order chi connectivity index (χ1) is 12.6. The van der Waals surface area contributed by atoms with Crippen molar-refractivity contribution < 1.29 is 13.5 Å². The minimum atomic E-state index is -2.83. The van der Waals surface area contributed by atoms with E-state index < -0.39 is 6.61 Å². The molecule has 0 aliphatic carbocycles.